The van der Waals surface area contributed by atoms with Gasteiger partial charge < -0.3 is 0 Å². The second-order valence-corrected chi connectivity index (χ2v) is 0. The summed E-state index contributed by atoms with van der Waals surface area (Å²) in [6.45, 7) is 0. The van der Waals surface area contributed by atoms with Gasteiger partial charge in [0.05, 0.1) is 0 Å². The van der Waals surface area contributed by atoms with E-state index < -0.39 is 0 Å². The van der Waals surface area contributed by atoms with Crippen molar-refractivity contribution in [2.24, 2.45) is 0 Å². The van der Waals surface area contributed by atoms with Gasteiger partial charge >= 0.3 is 0 Å². The number of hydrogen-bond acceptors (Lipinski definition) is 0. The molecule has 0 amide bonds. The molecule has 0 aromatic heterocycles. The fraction of sp³-hybridized carbons (Fsp3) is 0. The molecule has 0 spiro atoms. The zero-order valence-electron chi connectivity index (χ0n) is 3.02. The Morgan fingerprint density at radius 2 is 0.286 bits per heavy atom. The first kappa shape index (κ1) is 2050. The Labute approximate surface area is 57.1 Å². The van der Waals surface area contributed by atoms with Crippen LogP contribution in [0, 0.1) is 0 Å². The van der Waals surface area contributed by atoms with Gasteiger partial charge in [-0.3, -0.25) is 0 Å². The first-order chi connectivity index (χ1) is 0. The van der Waals surface area contributed by atoms with E-state index in [-0.39, 0.29) is 56.4 Å². The van der Waals surface area contributed by atoms with Crippen LogP contribution in [0.3, 0.4) is 0 Å². The SMILES string of the molecule is [N].[N].[N].[N].[N].[N].[Rh]. The van der Waals surface area contributed by atoms with Gasteiger partial charge in [0.25, 0.3) is 0 Å². The van der Waals surface area contributed by atoms with E-state index in [0.717, 1.165) is 0 Å². The maximum Gasteiger partial charge on any atom is 0 e. The van der Waals surface area contributed by atoms with Gasteiger partial charge in [-0.2, -0.15) is 0 Å². The van der Waals surface area contributed by atoms with E-state index in [1.165, 1.54) is 0 Å². The summed E-state index contributed by atoms with van der Waals surface area (Å²) in [5.74, 6) is 0. The normalized spacial score (nSPS) is 0. The van der Waals surface area contributed by atoms with Crippen molar-refractivity contribution in [1.82, 2.24) is 36.9 Å². The summed E-state index contributed by atoms with van der Waals surface area (Å²) >= 11 is 0. The van der Waals surface area contributed by atoms with Crippen LogP contribution < -0.4 is 36.9 Å². The zero-order valence-corrected chi connectivity index (χ0v) is 4.66. The molecule has 0 saturated carbocycles. The largest absolute Gasteiger partial charge is 0 e. The number of rotatable bonds is 0. The summed E-state index contributed by atoms with van der Waals surface area (Å²) < 4.78 is 0. The maximum atomic E-state index is 0. The molecule has 0 bridgehead atoms. The van der Waals surface area contributed by atoms with Crippen LogP contribution in [0.1, 0.15) is 0 Å². The van der Waals surface area contributed by atoms with E-state index in [9.17, 15) is 0 Å². The molecule has 0 aliphatic heterocycles. The third-order valence-electron chi connectivity index (χ3n) is 0. The van der Waals surface area contributed by atoms with Gasteiger partial charge in [-0.25, -0.2) is 0 Å². The van der Waals surface area contributed by atoms with Crippen LogP contribution in [-0.2, 0) is 19.5 Å². The van der Waals surface area contributed by atoms with Gasteiger partial charge in [-0.05, 0) is 0 Å². The molecule has 0 atom stereocenters. The third kappa shape index (κ3) is 834. The van der Waals surface area contributed by atoms with E-state index in [1.54, 1.807) is 0 Å². The molecule has 0 fully saturated rings. The fourth-order valence-corrected chi connectivity index (χ4v) is 0. The average Bonchev–Trinajstić information content (AvgIpc) is 0. The van der Waals surface area contributed by atoms with Crippen molar-refractivity contribution in [2.45, 2.75) is 0 Å². The van der Waals surface area contributed by atoms with Crippen molar-refractivity contribution < 1.29 is 19.5 Å². The van der Waals surface area contributed by atoms with Crippen LogP contribution in [0.5, 0.6) is 0 Å². The van der Waals surface area contributed by atoms with Crippen molar-refractivity contribution >= 4 is 0 Å². The van der Waals surface area contributed by atoms with Gasteiger partial charge in [-0.1, -0.05) is 0 Å². The minimum Gasteiger partial charge on any atom is 0 e. The summed E-state index contributed by atoms with van der Waals surface area (Å²) in [5, 5.41) is 0. The van der Waals surface area contributed by atoms with Crippen LogP contribution in [0.15, 0.2) is 0 Å². The van der Waals surface area contributed by atoms with Gasteiger partial charge in [-0.15, -0.1) is 0 Å². The number of hydrogen-bond donors (Lipinski definition) is 0. The third-order valence-corrected chi connectivity index (χ3v) is 0. The molecular weight excluding hydrogens is 187 g/mol. The van der Waals surface area contributed by atoms with E-state index in [0.29, 0.717) is 0 Å². The Morgan fingerprint density at radius 3 is 0.286 bits per heavy atom. The predicted octanol–water partition coefficient (Wildman–Crippen LogP) is -2.89. The van der Waals surface area contributed by atoms with E-state index >= 15 is 0 Å². The zero-order chi connectivity index (χ0) is 0. The van der Waals surface area contributed by atoms with Crippen LogP contribution in [0.2, 0.25) is 0 Å². The summed E-state index contributed by atoms with van der Waals surface area (Å²) in [6, 6.07) is 0. The van der Waals surface area contributed by atoms with Crippen molar-refractivity contribution in [3.63, 3.8) is 0 Å². The van der Waals surface area contributed by atoms with E-state index in [4.69, 9.17) is 0 Å². The second-order valence-electron chi connectivity index (χ2n) is 0. The summed E-state index contributed by atoms with van der Waals surface area (Å²) in [5.41, 5.74) is 0. The molecule has 19 radical (unpaired) electrons. The summed E-state index contributed by atoms with van der Waals surface area (Å²) in [6.07, 6.45) is 0. The molecule has 0 aromatic rings. The van der Waals surface area contributed by atoms with Crippen LogP contribution >= 0.6 is 0 Å². The fourth-order valence-electron chi connectivity index (χ4n) is 0. The molecule has 6 nitrogen and oxygen atoms in total. The number of nitrogens with zero attached hydrogens (tertiary/aromatic N) is 6. The van der Waals surface area contributed by atoms with Crippen LogP contribution in [0.25, 0.3) is 0 Å². The topological polar surface area (TPSA) is 183 Å². The second kappa shape index (κ2) is 1260. The van der Waals surface area contributed by atoms with Crippen molar-refractivity contribution in [2.75, 3.05) is 0 Å². The summed E-state index contributed by atoms with van der Waals surface area (Å²) in [4.78, 5) is 0. The predicted molar refractivity (Wildman–Crippen MR) is 12.8 cm³/mol. The minimum absolute atomic E-state index is 0. The van der Waals surface area contributed by atoms with Crippen LogP contribution in [-0.4, -0.2) is 0 Å². The average molecular weight is 187 g/mol. The Hall–Kier alpha value is 0.383. The van der Waals surface area contributed by atoms with Gasteiger partial charge in [0.15, 0.2) is 0 Å². The van der Waals surface area contributed by atoms with Gasteiger partial charge in [0.1, 0.15) is 0 Å². The molecule has 0 N–H and O–H groups in total. The molecule has 7 heteroatoms. The molecule has 0 unspecified atom stereocenters. The first-order valence-electron chi connectivity index (χ1n) is 0. The Balaban J connectivity index is 0. The molecular formula is N6Rh. The van der Waals surface area contributed by atoms with Gasteiger partial charge in [0, 0.05) is 56.4 Å². The van der Waals surface area contributed by atoms with E-state index in [1.807, 2.05) is 0 Å². The molecule has 0 saturated heterocycles. The molecule has 0 aliphatic rings. The Morgan fingerprint density at radius 1 is 0.286 bits per heavy atom. The van der Waals surface area contributed by atoms with Crippen molar-refractivity contribution in [3.8, 4) is 0 Å². The molecule has 0 rings (SSSR count). The first-order valence-corrected chi connectivity index (χ1v) is 0. The minimum atomic E-state index is 0. The standard InChI is InChI=1S/6N.Rh. The molecule has 0 aliphatic carbocycles. The summed E-state index contributed by atoms with van der Waals surface area (Å²) in [7, 11) is 0. The van der Waals surface area contributed by atoms with Crippen LogP contribution in [0.4, 0.5) is 0 Å². The maximum absolute atomic E-state index is 0. The monoisotopic (exact) mass is 187 g/mol. The smallest absolute Gasteiger partial charge is 0 e. The molecule has 0 heterocycles. The molecule has 7 heavy (non-hydrogen) atoms. The quantitative estimate of drug-likeness (QED) is 0.353. The van der Waals surface area contributed by atoms with E-state index in [2.05, 4.69) is 0 Å². The Kier molecular flexibility index (Phi) is 368000. The van der Waals surface area contributed by atoms with Crippen molar-refractivity contribution in [1.29, 1.82) is 0 Å². The van der Waals surface area contributed by atoms with Crippen molar-refractivity contribution in [3.05, 3.63) is 0 Å². The molecule has 39 valence electrons. The van der Waals surface area contributed by atoms with Gasteiger partial charge in [0.2, 0.25) is 0 Å². The molecule has 0 aromatic carbocycles. The Bertz CT molecular complexity index is 4.14.